The first-order valence-corrected chi connectivity index (χ1v) is 10.4. The van der Waals surface area contributed by atoms with E-state index in [1.165, 1.54) is 12.0 Å². The maximum atomic E-state index is 13.4. The molecule has 2 aliphatic carbocycles. The van der Waals surface area contributed by atoms with Gasteiger partial charge in [-0.1, -0.05) is 12.1 Å². The van der Waals surface area contributed by atoms with E-state index in [4.69, 9.17) is 9.47 Å². The van der Waals surface area contributed by atoms with Gasteiger partial charge in [-0.25, -0.2) is 0 Å². The second-order valence-corrected chi connectivity index (χ2v) is 8.64. The normalized spacial score (nSPS) is 34.0. The van der Waals surface area contributed by atoms with Gasteiger partial charge in [0.1, 0.15) is 17.4 Å². The molecule has 2 heterocycles. The van der Waals surface area contributed by atoms with Gasteiger partial charge in [-0.3, -0.25) is 19.2 Å². The highest BCUT2D eigenvalue weighted by Crippen LogP contribution is 2.66. The first-order chi connectivity index (χ1) is 14.4. The van der Waals surface area contributed by atoms with Crippen LogP contribution in [0.5, 0.6) is 5.75 Å². The third-order valence-electron chi connectivity index (χ3n) is 7.12. The van der Waals surface area contributed by atoms with E-state index in [1.807, 2.05) is 18.2 Å². The number of hydrogen-bond donors (Lipinski definition) is 1. The summed E-state index contributed by atoms with van der Waals surface area (Å²) in [5.41, 5.74) is -0.0484. The van der Waals surface area contributed by atoms with Gasteiger partial charge < -0.3 is 19.7 Å². The Morgan fingerprint density at radius 2 is 2.10 bits per heavy atom. The topological polar surface area (TPSA) is 102 Å². The lowest BCUT2D eigenvalue weighted by Crippen LogP contribution is -2.58. The quantitative estimate of drug-likeness (QED) is 0.742. The zero-order valence-electron chi connectivity index (χ0n) is 16.8. The number of rotatable bonds is 3. The number of Topliss-reactive ketones (excluding diaryl/α,β-unsaturated/α-hetero) is 1. The molecular weight excluding hydrogens is 388 g/mol. The van der Waals surface area contributed by atoms with E-state index in [0.29, 0.717) is 24.4 Å². The van der Waals surface area contributed by atoms with Crippen LogP contribution in [0.2, 0.25) is 0 Å². The Hall–Kier alpha value is -2.90. The molecular formula is C22H24N2O6. The van der Waals surface area contributed by atoms with Gasteiger partial charge in [0.25, 0.3) is 0 Å². The van der Waals surface area contributed by atoms with Crippen molar-refractivity contribution in [2.75, 3.05) is 20.2 Å². The zero-order valence-corrected chi connectivity index (χ0v) is 16.8. The van der Waals surface area contributed by atoms with Crippen molar-refractivity contribution >= 4 is 23.6 Å². The molecule has 2 amide bonds. The van der Waals surface area contributed by atoms with E-state index in [1.54, 1.807) is 6.07 Å². The molecule has 3 fully saturated rings. The van der Waals surface area contributed by atoms with E-state index in [-0.39, 0.29) is 48.2 Å². The van der Waals surface area contributed by atoms with Crippen LogP contribution in [0.1, 0.15) is 36.0 Å². The number of piperazine rings is 1. The van der Waals surface area contributed by atoms with Crippen LogP contribution in [0.25, 0.3) is 0 Å². The molecule has 8 nitrogen and oxygen atoms in total. The smallest absolute Gasteiger partial charge is 0.308 e. The number of ether oxygens (including phenoxy) is 2. The standard InChI is InChI=1S/C22H24N2O6/c1-29-17(26)10-14-20(27)23-8-9-24(14)21(28)18-13-6-7-22(19(13)18)11-15(25)12-4-2-3-5-16(12)30-22/h2-5,13-14,18-19H,6-11H2,1H3,(H,23,27)/t13-,14+,18+,19+,22-/m0/s1. The Bertz CT molecular complexity index is 945. The molecule has 4 aliphatic rings. The number of para-hydroxylation sites is 1. The maximum absolute atomic E-state index is 13.4. The van der Waals surface area contributed by atoms with Crippen molar-refractivity contribution in [1.29, 1.82) is 0 Å². The summed E-state index contributed by atoms with van der Waals surface area (Å²) in [6.45, 7) is 0.718. The molecule has 1 spiro atoms. The van der Waals surface area contributed by atoms with Gasteiger partial charge in [0.15, 0.2) is 5.78 Å². The number of methoxy groups -OCH3 is 1. The molecule has 158 valence electrons. The number of nitrogens with zero attached hydrogens (tertiary/aromatic N) is 1. The van der Waals surface area contributed by atoms with Crippen LogP contribution in [0.15, 0.2) is 24.3 Å². The molecule has 0 aromatic heterocycles. The average Bonchev–Trinajstić information content (AvgIpc) is 3.39. The van der Waals surface area contributed by atoms with Crippen LogP contribution in [-0.2, 0) is 19.1 Å². The van der Waals surface area contributed by atoms with Gasteiger partial charge in [0, 0.05) is 24.9 Å². The highest BCUT2D eigenvalue weighted by atomic mass is 16.5. The van der Waals surface area contributed by atoms with Crippen LogP contribution < -0.4 is 10.1 Å². The number of esters is 1. The SMILES string of the molecule is COC(=O)C[C@@H]1C(=O)NCCN1C(=O)[C@@H]1[C@@H]2CC[C@]3(CC(=O)c4ccccc4O3)[C@H]21. The summed E-state index contributed by atoms with van der Waals surface area (Å²) in [5.74, 6) is -0.500. The van der Waals surface area contributed by atoms with Crippen molar-refractivity contribution in [3.05, 3.63) is 29.8 Å². The number of hydrogen-bond acceptors (Lipinski definition) is 6. The van der Waals surface area contributed by atoms with Gasteiger partial charge in [0.2, 0.25) is 11.8 Å². The second kappa shape index (κ2) is 6.82. The Morgan fingerprint density at radius 3 is 2.90 bits per heavy atom. The van der Waals surface area contributed by atoms with E-state index in [9.17, 15) is 19.2 Å². The Morgan fingerprint density at radius 1 is 1.30 bits per heavy atom. The third kappa shape index (κ3) is 2.80. The largest absolute Gasteiger partial charge is 0.486 e. The summed E-state index contributed by atoms with van der Waals surface area (Å²) in [7, 11) is 1.26. The molecule has 1 aromatic carbocycles. The Kier molecular flexibility index (Phi) is 4.34. The molecule has 8 heteroatoms. The third-order valence-corrected chi connectivity index (χ3v) is 7.12. The number of benzene rings is 1. The van der Waals surface area contributed by atoms with Crippen molar-refractivity contribution < 1.29 is 28.7 Å². The van der Waals surface area contributed by atoms with Crippen molar-refractivity contribution in [3.63, 3.8) is 0 Å². The van der Waals surface area contributed by atoms with Gasteiger partial charge in [-0.05, 0) is 30.9 Å². The molecule has 0 bridgehead atoms. The highest BCUT2D eigenvalue weighted by Gasteiger charge is 2.71. The minimum atomic E-state index is -0.856. The first-order valence-electron chi connectivity index (χ1n) is 10.4. The van der Waals surface area contributed by atoms with Gasteiger partial charge >= 0.3 is 5.97 Å². The molecule has 0 unspecified atom stereocenters. The molecule has 0 radical (unpaired) electrons. The minimum Gasteiger partial charge on any atom is -0.486 e. The van der Waals surface area contributed by atoms with E-state index in [0.717, 1.165) is 12.8 Å². The summed E-state index contributed by atoms with van der Waals surface area (Å²) >= 11 is 0. The number of amides is 2. The fourth-order valence-electron chi connectivity index (χ4n) is 5.71. The van der Waals surface area contributed by atoms with E-state index >= 15 is 0 Å². The lowest BCUT2D eigenvalue weighted by Gasteiger charge is -2.38. The zero-order chi connectivity index (χ0) is 21.0. The molecule has 5 rings (SSSR count). The first kappa shape index (κ1) is 19.1. The van der Waals surface area contributed by atoms with Crippen molar-refractivity contribution in [1.82, 2.24) is 10.2 Å². The van der Waals surface area contributed by atoms with Crippen molar-refractivity contribution in [2.45, 2.75) is 37.3 Å². The predicted molar refractivity (Wildman–Crippen MR) is 104 cm³/mol. The number of nitrogens with one attached hydrogen (secondary N) is 1. The van der Waals surface area contributed by atoms with Crippen LogP contribution >= 0.6 is 0 Å². The van der Waals surface area contributed by atoms with Crippen molar-refractivity contribution in [3.8, 4) is 5.75 Å². The van der Waals surface area contributed by atoms with Crippen LogP contribution in [0, 0.1) is 17.8 Å². The molecule has 5 atom stereocenters. The summed E-state index contributed by atoms with van der Waals surface area (Å²) in [4.78, 5) is 51.8. The molecule has 1 aromatic rings. The Labute approximate surface area is 173 Å². The number of carbonyl (C=O) groups excluding carboxylic acids is 4. The fraction of sp³-hybridized carbons (Fsp3) is 0.545. The van der Waals surface area contributed by atoms with Gasteiger partial charge in [-0.15, -0.1) is 0 Å². The molecule has 1 N–H and O–H groups in total. The van der Waals surface area contributed by atoms with Crippen molar-refractivity contribution in [2.24, 2.45) is 17.8 Å². The molecule has 30 heavy (non-hydrogen) atoms. The summed E-state index contributed by atoms with van der Waals surface area (Å²) < 4.78 is 11.1. The highest BCUT2D eigenvalue weighted by molar-refractivity contribution is 6.01. The summed E-state index contributed by atoms with van der Waals surface area (Å²) in [6.07, 6.45) is 1.68. The van der Waals surface area contributed by atoms with E-state index in [2.05, 4.69) is 5.32 Å². The monoisotopic (exact) mass is 412 g/mol. The number of fused-ring (bicyclic) bond motifs is 3. The summed E-state index contributed by atoms with van der Waals surface area (Å²) in [5, 5.41) is 2.72. The number of carbonyl (C=O) groups is 4. The number of ketones is 1. The second-order valence-electron chi connectivity index (χ2n) is 8.64. The van der Waals surface area contributed by atoms with E-state index < -0.39 is 17.6 Å². The Balaban J connectivity index is 1.37. The lowest BCUT2D eigenvalue weighted by molar-refractivity contribution is -0.151. The average molecular weight is 412 g/mol. The predicted octanol–water partition coefficient (Wildman–Crippen LogP) is 0.937. The van der Waals surface area contributed by atoms with Crippen LogP contribution in [-0.4, -0.2) is 60.3 Å². The summed E-state index contributed by atoms with van der Waals surface area (Å²) in [6, 6.07) is 6.39. The van der Waals surface area contributed by atoms with Gasteiger partial charge in [-0.2, -0.15) is 0 Å². The fourth-order valence-corrected chi connectivity index (χ4v) is 5.71. The minimum absolute atomic E-state index is 0.0360. The molecule has 2 saturated carbocycles. The molecule has 2 aliphatic heterocycles. The van der Waals surface area contributed by atoms with Gasteiger partial charge in [0.05, 0.1) is 25.5 Å². The molecule has 1 saturated heterocycles. The van der Waals surface area contributed by atoms with Crippen LogP contribution in [0.4, 0.5) is 0 Å². The maximum Gasteiger partial charge on any atom is 0.308 e. The lowest BCUT2D eigenvalue weighted by atomic mass is 9.84. The van der Waals surface area contributed by atoms with Crippen LogP contribution in [0.3, 0.4) is 0 Å².